The molecule has 1 nitrogen and oxygen atoms in total. The molecule has 0 aliphatic carbocycles. The smallest absolute Gasteiger partial charge is 0.0796 e. The molecule has 8 heavy (non-hydrogen) atoms. The van der Waals surface area contributed by atoms with Crippen LogP contribution in [0.1, 0.15) is 0 Å². The molecule has 2 aliphatic heterocycles. The van der Waals surface area contributed by atoms with Crippen molar-refractivity contribution >= 4 is 20.3 Å². The van der Waals surface area contributed by atoms with E-state index in [4.69, 9.17) is 0 Å². The monoisotopic (exact) mass is 143 g/mol. The third-order valence-corrected chi connectivity index (χ3v) is 3.26. The Morgan fingerprint density at radius 3 is 3.62 bits per heavy atom. The van der Waals surface area contributed by atoms with Gasteiger partial charge in [-0.05, 0) is 11.2 Å². The highest BCUT2D eigenvalue weighted by Crippen LogP contribution is 2.39. The predicted octanol–water partition coefficient (Wildman–Crippen LogP) is 1.95. The fraction of sp³-hybridized carbons (Fsp3) is 0.200. The standard InChI is InChI=1S/C5H6NPS/c1-2-8-5-3-7-4-6(1)5/h1-3,7H,4H2. The van der Waals surface area contributed by atoms with Gasteiger partial charge in [0.1, 0.15) is 0 Å². The van der Waals surface area contributed by atoms with Gasteiger partial charge in [0.05, 0.1) is 5.03 Å². The molecule has 2 aliphatic rings. The summed E-state index contributed by atoms with van der Waals surface area (Å²) in [6.45, 7) is 0. The average molecular weight is 143 g/mol. The second-order valence-electron chi connectivity index (χ2n) is 1.72. The molecule has 0 spiro atoms. The summed E-state index contributed by atoms with van der Waals surface area (Å²) in [4.78, 5) is 2.29. The number of nitrogens with zero attached hydrogens (tertiary/aromatic N) is 1. The first-order valence-corrected chi connectivity index (χ1v) is 4.67. The predicted molar refractivity (Wildman–Crippen MR) is 39.8 cm³/mol. The van der Waals surface area contributed by atoms with Gasteiger partial charge in [-0.3, -0.25) is 0 Å². The van der Waals surface area contributed by atoms with Crippen LogP contribution in [0.3, 0.4) is 0 Å². The molecule has 1 atom stereocenters. The highest BCUT2D eigenvalue weighted by atomic mass is 32.2. The summed E-state index contributed by atoms with van der Waals surface area (Å²) in [6, 6.07) is 0. The summed E-state index contributed by atoms with van der Waals surface area (Å²) in [5.74, 6) is 2.31. The molecule has 0 N–H and O–H groups in total. The van der Waals surface area contributed by atoms with E-state index in [1.807, 2.05) is 11.8 Å². The van der Waals surface area contributed by atoms with Crippen molar-refractivity contribution in [2.24, 2.45) is 0 Å². The van der Waals surface area contributed by atoms with Crippen molar-refractivity contribution < 1.29 is 0 Å². The zero-order chi connectivity index (χ0) is 5.40. The van der Waals surface area contributed by atoms with E-state index >= 15 is 0 Å². The quantitative estimate of drug-likeness (QED) is 0.477. The number of hydrogen-bond acceptors (Lipinski definition) is 2. The highest BCUT2D eigenvalue weighted by Gasteiger charge is 2.15. The summed E-state index contributed by atoms with van der Waals surface area (Å²) in [6.07, 6.45) is 3.37. The molecular formula is C5H6NPS. The van der Waals surface area contributed by atoms with E-state index in [9.17, 15) is 0 Å². The second-order valence-corrected chi connectivity index (χ2v) is 3.66. The third-order valence-electron chi connectivity index (χ3n) is 1.20. The molecular weight excluding hydrogens is 137 g/mol. The minimum absolute atomic E-state index is 1.02. The Morgan fingerprint density at radius 1 is 1.75 bits per heavy atom. The first-order valence-electron chi connectivity index (χ1n) is 2.50. The van der Waals surface area contributed by atoms with Crippen LogP contribution < -0.4 is 0 Å². The minimum atomic E-state index is 1.02. The average Bonchev–Trinajstić information content (AvgIpc) is 2.15. The van der Waals surface area contributed by atoms with Crippen molar-refractivity contribution in [1.29, 1.82) is 0 Å². The molecule has 0 fully saturated rings. The fourth-order valence-corrected chi connectivity index (χ4v) is 2.94. The topological polar surface area (TPSA) is 3.24 Å². The molecule has 42 valence electrons. The maximum atomic E-state index is 2.31. The van der Waals surface area contributed by atoms with Gasteiger partial charge in [-0.1, -0.05) is 20.3 Å². The minimum Gasteiger partial charge on any atom is -0.338 e. The molecule has 1 unspecified atom stereocenters. The molecule has 0 saturated carbocycles. The molecule has 2 heterocycles. The van der Waals surface area contributed by atoms with E-state index in [-0.39, 0.29) is 0 Å². The van der Waals surface area contributed by atoms with Gasteiger partial charge in [0.2, 0.25) is 0 Å². The molecule has 0 aromatic rings. The van der Waals surface area contributed by atoms with E-state index in [2.05, 4.69) is 22.3 Å². The molecule has 0 saturated heterocycles. The summed E-state index contributed by atoms with van der Waals surface area (Å²) in [7, 11) is 1.02. The summed E-state index contributed by atoms with van der Waals surface area (Å²) >= 11 is 1.83. The van der Waals surface area contributed by atoms with Gasteiger partial charge in [0.25, 0.3) is 0 Å². The van der Waals surface area contributed by atoms with Gasteiger partial charge in [-0.15, -0.1) is 0 Å². The molecule has 3 heteroatoms. The van der Waals surface area contributed by atoms with Crippen molar-refractivity contribution in [3.05, 3.63) is 22.5 Å². The lowest BCUT2D eigenvalue weighted by Gasteiger charge is -2.06. The molecule has 0 bridgehead atoms. The fourth-order valence-electron chi connectivity index (χ4n) is 0.794. The summed E-state index contributed by atoms with van der Waals surface area (Å²) < 4.78 is 0. The summed E-state index contributed by atoms with van der Waals surface area (Å²) in [5, 5.41) is 3.57. The van der Waals surface area contributed by atoms with E-state index in [0.29, 0.717) is 0 Å². The maximum Gasteiger partial charge on any atom is 0.0796 e. The van der Waals surface area contributed by atoms with Crippen LogP contribution in [0.4, 0.5) is 0 Å². The summed E-state index contributed by atoms with van der Waals surface area (Å²) in [5.41, 5.74) is 0. The van der Waals surface area contributed by atoms with Crippen molar-refractivity contribution in [1.82, 2.24) is 4.90 Å². The Morgan fingerprint density at radius 2 is 2.75 bits per heavy atom. The molecule has 2 rings (SSSR count). The van der Waals surface area contributed by atoms with Gasteiger partial charge in [0.15, 0.2) is 0 Å². The Balaban J connectivity index is 2.28. The molecule has 0 radical (unpaired) electrons. The SMILES string of the molecule is C1=CN2CPC=C2S1. The van der Waals surface area contributed by atoms with Crippen molar-refractivity contribution in [3.63, 3.8) is 0 Å². The lowest BCUT2D eigenvalue weighted by molar-refractivity contribution is 0.606. The van der Waals surface area contributed by atoms with Crippen LogP contribution >= 0.6 is 20.3 Å². The lowest BCUT2D eigenvalue weighted by Crippen LogP contribution is -2.03. The number of thioether (sulfide) groups is 1. The van der Waals surface area contributed by atoms with E-state index in [0.717, 1.165) is 8.58 Å². The van der Waals surface area contributed by atoms with Crippen molar-refractivity contribution in [2.45, 2.75) is 0 Å². The Labute approximate surface area is 54.6 Å². The van der Waals surface area contributed by atoms with Crippen LogP contribution in [-0.4, -0.2) is 11.2 Å². The third kappa shape index (κ3) is 0.602. The van der Waals surface area contributed by atoms with Gasteiger partial charge >= 0.3 is 0 Å². The zero-order valence-electron chi connectivity index (χ0n) is 4.29. The number of hydrogen-bond donors (Lipinski definition) is 0. The number of fused-ring (bicyclic) bond motifs is 1. The van der Waals surface area contributed by atoms with E-state index < -0.39 is 0 Å². The van der Waals surface area contributed by atoms with Crippen LogP contribution in [0.25, 0.3) is 0 Å². The Bertz CT molecular complexity index is 164. The van der Waals surface area contributed by atoms with Crippen LogP contribution in [0.5, 0.6) is 0 Å². The lowest BCUT2D eigenvalue weighted by atomic mass is 10.8. The van der Waals surface area contributed by atoms with Gasteiger partial charge in [0, 0.05) is 12.5 Å². The van der Waals surface area contributed by atoms with Crippen LogP contribution in [0.2, 0.25) is 0 Å². The van der Waals surface area contributed by atoms with E-state index in [1.165, 1.54) is 11.3 Å². The van der Waals surface area contributed by atoms with Crippen LogP contribution in [0.15, 0.2) is 22.5 Å². The largest absolute Gasteiger partial charge is 0.338 e. The highest BCUT2D eigenvalue weighted by molar-refractivity contribution is 8.06. The van der Waals surface area contributed by atoms with E-state index in [1.54, 1.807) is 0 Å². The first kappa shape index (κ1) is 4.89. The molecule has 0 amide bonds. The Hall–Kier alpha value is 0.0600. The zero-order valence-corrected chi connectivity index (χ0v) is 6.11. The number of rotatable bonds is 0. The van der Waals surface area contributed by atoms with Crippen molar-refractivity contribution in [3.8, 4) is 0 Å². The van der Waals surface area contributed by atoms with Gasteiger partial charge in [-0.2, -0.15) is 0 Å². The van der Waals surface area contributed by atoms with Gasteiger partial charge in [-0.25, -0.2) is 0 Å². The molecule has 0 aromatic heterocycles. The van der Waals surface area contributed by atoms with Crippen LogP contribution in [-0.2, 0) is 0 Å². The Kier molecular flexibility index (Phi) is 1.09. The van der Waals surface area contributed by atoms with Crippen molar-refractivity contribution in [2.75, 3.05) is 6.29 Å². The van der Waals surface area contributed by atoms with Crippen LogP contribution in [0, 0.1) is 0 Å². The second kappa shape index (κ2) is 1.78. The normalized spacial score (nSPS) is 27.0. The maximum absolute atomic E-state index is 2.31. The molecule has 0 aromatic carbocycles. The first-order chi connectivity index (χ1) is 3.97. The van der Waals surface area contributed by atoms with Gasteiger partial charge < -0.3 is 4.90 Å².